The first-order valence-corrected chi connectivity index (χ1v) is 11.7. The van der Waals surface area contributed by atoms with E-state index < -0.39 is 17.4 Å². The van der Waals surface area contributed by atoms with Crippen LogP contribution in [0.3, 0.4) is 0 Å². The summed E-state index contributed by atoms with van der Waals surface area (Å²) in [5, 5.41) is 28.2. The zero-order valence-corrected chi connectivity index (χ0v) is 20.0. The molecule has 1 saturated heterocycles. The Morgan fingerprint density at radius 2 is 1.94 bits per heavy atom. The third kappa shape index (κ3) is 4.65. The summed E-state index contributed by atoms with van der Waals surface area (Å²) in [6.07, 6.45) is 5.98. The molecule has 1 aromatic carbocycles. The molecule has 3 N–H and O–H groups in total. The molecule has 0 saturated carbocycles. The van der Waals surface area contributed by atoms with Gasteiger partial charge >= 0.3 is 5.97 Å². The molecule has 4 aromatic rings. The molecule has 3 aromatic heterocycles. The zero-order valence-electron chi connectivity index (χ0n) is 20.0. The van der Waals surface area contributed by atoms with Gasteiger partial charge in [-0.25, -0.2) is 23.8 Å². The average molecular weight is 491 g/mol. The first-order valence-electron chi connectivity index (χ1n) is 11.7. The van der Waals surface area contributed by atoms with E-state index >= 15 is 0 Å². The number of hydrogen-bond donors (Lipinski definition) is 3. The van der Waals surface area contributed by atoms with Gasteiger partial charge in [-0.3, -0.25) is 0 Å². The average Bonchev–Trinajstić information content (AvgIpc) is 3.36. The van der Waals surface area contributed by atoms with Crippen molar-refractivity contribution < 1.29 is 19.4 Å². The number of fused-ring (bicyclic) bond motifs is 1. The smallest absolute Gasteiger partial charge is 0.338 e. The maximum Gasteiger partial charge on any atom is 0.338 e. The van der Waals surface area contributed by atoms with Crippen LogP contribution < -0.4 is 5.32 Å². The summed E-state index contributed by atoms with van der Waals surface area (Å²) in [5.41, 5.74) is 0.802. The van der Waals surface area contributed by atoms with Crippen LogP contribution in [0.4, 0.5) is 15.9 Å². The predicted octanol–water partition coefficient (Wildman–Crippen LogP) is 3.95. The van der Waals surface area contributed by atoms with E-state index in [1.807, 2.05) is 19.1 Å². The number of benzene rings is 1. The maximum atomic E-state index is 14.9. The normalized spacial score (nSPS) is 16.7. The number of carboxylic acid groups (broad SMARTS) is 1. The molecular weight excluding hydrogens is 463 g/mol. The highest BCUT2D eigenvalue weighted by molar-refractivity contribution is 5.87. The van der Waals surface area contributed by atoms with E-state index in [-0.39, 0.29) is 17.2 Å². The highest BCUT2D eigenvalue weighted by atomic mass is 19.1. The first-order chi connectivity index (χ1) is 17.2. The monoisotopic (exact) mass is 490 g/mol. The Hall–Kier alpha value is -3.89. The van der Waals surface area contributed by atoms with Crippen molar-refractivity contribution in [3.8, 4) is 5.69 Å². The van der Waals surface area contributed by atoms with Crippen molar-refractivity contribution in [2.45, 2.75) is 25.4 Å². The second-order valence-electron chi connectivity index (χ2n) is 9.45. The molecule has 0 unspecified atom stereocenters. The van der Waals surface area contributed by atoms with Gasteiger partial charge in [0.1, 0.15) is 17.2 Å². The van der Waals surface area contributed by atoms with Gasteiger partial charge in [-0.1, -0.05) is 0 Å². The van der Waals surface area contributed by atoms with E-state index in [0.29, 0.717) is 22.7 Å². The van der Waals surface area contributed by atoms with Gasteiger partial charge in [0.2, 0.25) is 0 Å². The minimum atomic E-state index is -1.10. The van der Waals surface area contributed by atoms with Gasteiger partial charge in [0.05, 0.1) is 34.3 Å². The summed E-state index contributed by atoms with van der Waals surface area (Å²) in [6.45, 7) is 3.71. The summed E-state index contributed by atoms with van der Waals surface area (Å²) in [6, 6.07) is 9.88. The lowest BCUT2D eigenvalue weighted by molar-refractivity contribution is -0.0334. The Morgan fingerprint density at radius 3 is 2.64 bits per heavy atom. The second kappa shape index (κ2) is 9.29. The quantitative estimate of drug-likeness (QED) is 0.372. The minimum absolute atomic E-state index is 0.0136. The number of rotatable bonds is 6. The Bertz CT molecular complexity index is 1430. The molecule has 0 aliphatic carbocycles. The van der Waals surface area contributed by atoms with E-state index in [1.54, 1.807) is 18.3 Å². The topological polar surface area (TPSA) is 116 Å². The zero-order chi connectivity index (χ0) is 25.4. The number of nitrogens with one attached hydrogen (secondary N) is 1. The van der Waals surface area contributed by atoms with Gasteiger partial charge in [-0.2, -0.15) is 5.10 Å². The van der Waals surface area contributed by atoms with Crippen molar-refractivity contribution in [1.29, 1.82) is 0 Å². The van der Waals surface area contributed by atoms with Gasteiger partial charge in [-0.05, 0) is 70.1 Å². The SMILES string of the molecule is CN1CCC([C@@](C)(O)c2ccc3cnc(Nc4ccc(-n5cc(C(=O)O)cn5)cc4F)cc3n2)CC1. The van der Waals surface area contributed by atoms with Crippen LogP contribution in [0.25, 0.3) is 16.6 Å². The van der Waals surface area contributed by atoms with Crippen LogP contribution in [0.15, 0.2) is 55.0 Å². The number of aliphatic hydroxyl groups is 1. The summed E-state index contributed by atoms with van der Waals surface area (Å²) >= 11 is 0. The molecule has 10 heteroatoms. The molecule has 186 valence electrons. The van der Waals surface area contributed by atoms with Gasteiger partial charge in [0.25, 0.3) is 0 Å². The molecule has 1 aliphatic rings. The number of likely N-dealkylation sites (tertiary alicyclic amines) is 1. The van der Waals surface area contributed by atoms with Crippen LogP contribution in [0.5, 0.6) is 0 Å². The second-order valence-corrected chi connectivity index (χ2v) is 9.45. The summed E-state index contributed by atoms with van der Waals surface area (Å²) < 4.78 is 16.2. The number of piperidine rings is 1. The molecule has 0 spiro atoms. The number of anilines is 2. The summed E-state index contributed by atoms with van der Waals surface area (Å²) in [7, 11) is 2.09. The van der Waals surface area contributed by atoms with Gasteiger partial charge in [0, 0.05) is 29.9 Å². The molecule has 1 aliphatic heterocycles. The van der Waals surface area contributed by atoms with Crippen molar-refractivity contribution in [2.24, 2.45) is 5.92 Å². The van der Waals surface area contributed by atoms with E-state index in [9.17, 15) is 14.3 Å². The molecule has 0 amide bonds. The first kappa shape index (κ1) is 23.8. The van der Waals surface area contributed by atoms with Crippen molar-refractivity contribution in [2.75, 3.05) is 25.5 Å². The van der Waals surface area contributed by atoms with E-state index in [1.165, 1.54) is 29.2 Å². The molecule has 4 heterocycles. The number of halogens is 1. The fraction of sp³-hybridized carbons (Fsp3) is 0.308. The summed E-state index contributed by atoms with van der Waals surface area (Å²) in [5.74, 6) is -1.13. The Balaban J connectivity index is 1.38. The van der Waals surface area contributed by atoms with Crippen molar-refractivity contribution in [1.82, 2.24) is 24.6 Å². The third-order valence-electron chi connectivity index (χ3n) is 6.92. The van der Waals surface area contributed by atoms with Gasteiger partial charge < -0.3 is 20.4 Å². The number of pyridine rings is 2. The molecule has 9 nitrogen and oxygen atoms in total. The van der Waals surface area contributed by atoms with Crippen molar-refractivity contribution in [3.05, 3.63) is 72.1 Å². The number of carbonyl (C=O) groups is 1. The summed E-state index contributed by atoms with van der Waals surface area (Å²) in [4.78, 5) is 22.4. The van der Waals surface area contributed by atoms with Crippen LogP contribution in [0.2, 0.25) is 0 Å². The number of hydrogen-bond acceptors (Lipinski definition) is 7. The fourth-order valence-electron chi connectivity index (χ4n) is 4.61. The van der Waals surface area contributed by atoms with Crippen LogP contribution >= 0.6 is 0 Å². The molecular formula is C26H27FN6O3. The van der Waals surface area contributed by atoms with Crippen molar-refractivity contribution >= 4 is 28.4 Å². The highest BCUT2D eigenvalue weighted by Gasteiger charge is 2.36. The Labute approximate surface area is 207 Å². The lowest BCUT2D eigenvalue weighted by Gasteiger charge is -2.38. The lowest BCUT2D eigenvalue weighted by atomic mass is 9.79. The highest BCUT2D eigenvalue weighted by Crippen LogP contribution is 2.36. The van der Waals surface area contributed by atoms with E-state index in [2.05, 4.69) is 27.3 Å². The van der Waals surface area contributed by atoms with Crippen LogP contribution in [0, 0.1) is 11.7 Å². The molecule has 0 bridgehead atoms. The lowest BCUT2D eigenvalue weighted by Crippen LogP contribution is -2.41. The third-order valence-corrected chi connectivity index (χ3v) is 6.92. The number of carboxylic acids is 1. The fourth-order valence-corrected chi connectivity index (χ4v) is 4.61. The van der Waals surface area contributed by atoms with E-state index in [4.69, 9.17) is 10.1 Å². The molecule has 36 heavy (non-hydrogen) atoms. The van der Waals surface area contributed by atoms with E-state index in [0.717, 1.165) is 31.3 Å². The minimum Gasteiger partial charge on any atom is -0.478 e. The molecule has 1 atom stereocenters. The Kier molecular flexibility index (Phi) is 6.15. The molecule has 0 radical (unpaired) electrons. The molecule has 1 fully saturated rings. The van der Waals surface area contributed by atoms with Crippen LogP contribution in [-0.2, 0) is 5.60 Å². The number of aromatic nitrogens is 4. The van der Waals surface area contributed by atoms with Crippen LogP contribution in [0.1, 0.15) is 35.8 Å². The van der Waals surface area contributed by atoms with Crippen LogP contribution in [-0.4, -0.2) is 61.0 Å². The maximum absolute atomic E-state index is 14.9. The largest absolute Gasteiger partial charge is 0.478 e. The molecule has 5 rings (SSSR count). The van der Waals surface area contributed by atoms with Gasteiger partial charge in [0.15, 0.2) is 0 Å². The van der Waals surface area contributed by atoms with Gasteiger partial charge in [-0.15, -0.1) is 0 Å². The number of aromatic carboxylic acids is 1. The standard InChI is InChI=1S/C26H27FN6O3/c1-26(36,18-7-9-32(2)10-8-18)23-6-3-16-13-28-24(12-22(16)30-23)31-21-5-4-19(11-20(21)27)33-15-17(14-29-33)25(34)35/h3-6,11-15,18,36H,7-10H2,1-2H3,(H,28,31)(H,34,35)/t26-/m1/s1. The predicted molar refractivity (Wildman–Crippen MR) is 133 cm³/mol. The van der Waals surface area contributed by atoms with Crippen molar-refractivity contribution in [3.63, 3.8) is 0 Å². The number of nitrogens with zero attached hydrogens (tertiary/aromatic N) is 5. The Morgan fingerprint density at radius 1 is 1.17 bits per heavy atom.